The van der Waals surface area contributed by atoms with Crippen molar-refractivity contribution in [3.63, 3.8) is 0 Å². The molecular formula is C10H8F4. The summed E-state index contributed by atoms with van der Waals surface area (Å²) in [7, 11) is 0. The van der Waals surface area contributed by atoms with E-state index in [0.717, 1.165) is 18.2 Å². The number of halogens is 4. The highest BCUT2D eigenvalue weighted by Gasteiger charge is 2.33. The summed E-state index contributed by atoms with van der Waals surface area (Å²) < 4.78 is 50.1. The van der Waals surface area contributed by atoms with Crippen LogP contribution in [0.4, 0.5) is 17.6 Å². The molecule has 1 rings (SSSR count). The minimum absolute atomic E-state index is 0.123. The standard InChI is InChI=1S/C10H8F4/c1-2-4-7-8(10(12,13)14)5-3-6-9(7)11/h2-3,5-6H,1,4H2. The molecule has 0 radical (unpaired) electrons. The van der Waals surface area contributed by atoms with Crippen LogP contribution in [0, 0.1) is 5.82 Å². The predicted molar refractivity (Wildman–Crippen MR) is 45.3 cm³/mol. The van der Waals surface area contributed by atoms with E-state index in [1.807, 2.05) is 0 Å². The maximum Gasteiger partial charge on any atom is 0.416 e. The van der Waals surface area contributed by atoms with Crippen molar-refractivity contribution in [2.75, 3.05) is 0 Å². The fourth-order valence-corrected chi connectivity index (χ4v) is 1.18. The van der Waals surface area contributed by atoms with Crippen LogP contribution >= 0.6 is 0 Å². The maximum absolute atomic E-state index is 13.0. The summed E-state index contributed by atoms with van der Waals surface area (Å²) in [6.45, 7) is 3.29. The Bertz CT molecular complexity index is 338. The molecule has 0 aromatic heterocycles. The summed E-state index contributed by atoms with van der Waals surface area (Å²) in [5.74, 6) is -0.847. The Morgan fingerprint density at radius 1 is 1.29 bits per heavy atom. The van der Waals surface area contributed by atoms with E-state index < -0.39 is 17.6 Å². The van der Waals surface area contributed by atoms with E-state index in [1.54, 1.807) is 0 Å². The zero-order valence-electron chi connectivity index (χ0n) is 7.24. The van der Waals surface area contributed by atoms with E-state index >= 15 is 0 Å². The molecule has 0 aliphatic carbocycles. The number of benzene rings is 1. The van der Waals surface area contributed by atoms with E-state index in [9.17, 15) is 17.6 Å². The highest BCUT2D eigenvalue weighted by Crippen LogP contribution is 2.33. The third kappa shape index (κ3) is 2.13. The largest absolute Gasteiger partial charge is 0.416 e. The summed E-state index contributed by atoms with van der Waals surface area (Å²) in [5.41, 5.74) is -1.28. The topological polar surface area (TPSA) is 0 Å². The molecule has 0 atom stereocenters. The summed E-state index contributed by atoms with van der Waals surface area (Å²) in [4.78, 5) is 0. The fourth-order valence-electron chi connectivity index (χ4n) is 1.18. The molecule has 1 aromatic rings. The van der Waals surface area contributed by atoms with Gasteiger partial charge in [-0.2, -0.15) is 13.2 Å². The van der Waals surface area contributed by atoms with Gasteiger partial charge in [0.05, 0.1) is 5.56 Å². The molecule has 0 saturated carbocycles. The molecule has 76 valence electrons. The molecule has 14 heavy (non-hydrogen) atoms. The molecule has 0 N–H and O–H groups in total. The van der Waals surface area contributed by atoms with Gasteiger partial charge in [-0.25, -0.2) is 4.39 Å². The zero-order chi connectivity index (χ0) is 10.8. The summed E-state index contributed by atoms with van der Waals surface area (Å²) in [6, 6.07) is 2.92. The van der Waals surface area contributed by atoms with Crippen molar-refractivity contribution in [1.82, 2.24) is 0 Å². The van der Waals surface area contributed by atoms with Crippen molar-refractivity contribution in [3.05, 3.63) is 47.8 Å². The number of rotatable bonds is 2. The molecule has 0 unspecified atom stereocenters. The number of hydrogen-bond donors (Lipinski definition) is 0. The Labute approximate surface area is 78.9 Å². The third-order valence-electron chi connectivity index (χ3n) is 1.77. The summed E-state index contributed by atoms with van der Waals surface area (Å²) >= 11 is 0. The Kier molecular flexibility index (Phi) is 2.93. The average Bonchev–Trinajstić information content (AvgIpc) is 2.07. The zero-order valence-corrected chi connectivity index (χ0v) is 7.24. The van der Waals surface area contributed by atoms with Gasteiger partial charge in [0.1, 0.15) is 5.82 Å². The van der Waals surface area contributed by atoms with Gasteiger partial charge in [0.2, 0.25) is 0 Å². The highest BCUT2D eigenvalue weighted by molar-refractivity contribution is 5.32. The molecule has 1 aromatic carbocycles. The van der Waals surface area contributed by atoms with Crippen LogP contribution < -0.4 is 0 Å². The first kappa shape index (κ1) is 10.8. The first-order chi connectivity index (χ1) is 6.46. The lowest BCUT2D eigenvalue weighted by Gasteiger charge is -2.11. The van der Waals surface area contributed by atoms with Gasteiger partial charge >= 0.3 is 6.18 Å². The van der Waals surface area contributed by atoms with Crippen LogP contribution in [0.25, 0.3) is 0 Å². The lowest BCUT2D eigenvalue weighted by molar-refractivity contribution is -0.138. The second-order valence-corrected chi connectivity index (χ2v) is 2.76. The van der Waals surface area contributed by atoms with E-state index in [2.05, 4.69) is 6.58 Å². The van der Waals surface area contributed by atoms with Gasteiger partial charge in [-0.05, 0) is 18.6 Å². The second kappa shape index (κ2) is 3.82. The van der Waals surface area contributed by atoms with Gasteiger partial charge in [0, 0.05) is 5.56 Å². The van der Waals surface area contributed by atoms with Gasteiger partial charge in [-0.1, -0.05) is 12.1 Å². The van der Waals surface area contributed by atoms with E-state index in [0.29, 0.717) is 0 Å². The molecule has 4 heteroatoms. The minimum Gasteiger partial charge on any atom is -0.207 e. The van der Waals surface area contributed by atoms with Crippen LogP contribution in [-0.4, -0.2) is 0 Å². The molecule has 0 aliphatic heterocycles. The van der Waals surface area contributed by atoms with Crippen LogP contribution in [0.1, 0.15) is 11.1 Å². The number of allylic oxidation sites excluding steroid dienone is 1. The molecule has 0 saturated heterocycles. The van der Waals surface area contributed by atoms with E-state index in [4.69, 9.17) is 0 Å². The van der Waals surface area contributed by atoms with Gasteiger partial charge in [0.25, 0.3) is 0 Å². The predicted octanol–water partition coefficient (Wildman–Crippen LogP) is 3.57. The Hall–Kier alpha value is -1.32. The van der Waals surface area contributed by atoms with Crippen LogP contribution in [0.3, 0.4) is 0 Å². The van der Waals surface area contributed by atoms with Crippen molar-refractivity contribution in [3.8, 4) is 0 Å². The number of hydrogen-bond acceptors (Lipinski definition) is 0. The van der Waals surface area contributed by atoms with E-state index in [-0.39, 0.29) is 12.0 Å². The second-order valence-electron chi connectivity index (χ2n) is 2.76. The van der Waals surface area contributed by atoms with Crippen LogP contribution in [-0.2, 0) is 12.6 Å². The summed E-state index contributed by atoms with van der Waals surface area (Å²) in [5, 5.41) is 0. The first-order valence-corrected chi connectivity index (χ1v) is 3.92. The van der Waals surface area contributed by atoms with Gasteiger partial charge < -0.3 is 0 Å². The Morgan fingerprint density at radius 2 is 1.93 bits per heavy atom. The molecule has 0 spiro atoms. The molecule has 0 bridgehead atoms. The first-order valence-electron chi connectivity index (χ1n) is 3.92. The molecule has 0 fully saturated rings. The Balaban J connectivity index is 3.28. The van der Waals surface area contributed by atoms with Gasteiger partial charge in [-0.3, -0.25) is 0 Å². The molecular weight excluding hydrogens is 196 g/mol. The Morgan fingerprint density at radius 3 is 2.43 bits per heavy atom. The van der Waals surface area contributed by atoms with Crippen molar-refractivity contribution in [2.24, 2.45) is 0 Å². The normalized spacial score (nSPS) is 11.4. The van der Waals surface area contributed by atoms with Crippen molar-refractivity contribution in [2.45, 2.75) is 12.6 Å². The highest BCUT2D eigenvalue weighted by atomic mass is 19.4. The third-order valence-corrected chi connectivity index (χ3v) is 1.77. The maximum atomic E-state index is 13.0. The molecule has 0 amide bonds. The minimum atomic E-state index is -4.51. The van der Waals surface area contributed by atoms with Crippen LogP contribution in [0.2, 0.25) is 0 Å². The van der Waals surface area contributed by atoms with Crippen LogP contribution in [0.15, 0.2) is 30.9 Å². The molecule has 0 nitrogen and oxygen atoms in total. The van der Waals surface area contributed by atoms with Crippen LogP contribution in [0.5, 0.6) is 0 Å². The SMILES string of the molecule is C=CCc1c(F)cccc1C(F)(F)F. The number of alkyl halides is 3. The van der Waals surface area contributed by atoms with Crippen molar-refractivity contribution >= 4 is 0 Å². The van der Waals surface area contributed by atoms with Gasteiger partial charge in [0.15, 0.2) is 0 Å². The monoisotopic (exact) mass is 204 g/mol. The van der Waals surface area contributed by atoms with Crippen molar-refractivity contribution < 1.29 is 17.6 Å². The van der Waals surface area contributed by atoms with Crippen molar-refractivity contribution in [1.29, 1.82) is 0 Å². The fraction of sp³-hybridized carbons (Fsp3) is 0.200. The smallest absolute Gasteiger partial charge is 0.207 e. The summed E-state index contributed by atoms with van der Waals surface area (Å²) in [6.07, 6.45) is -3.39. The quantitative estimate of drug-likeness (QED) is 0.510. The average molecular weight is 204 g/mol. The molecule has 0 aliphatic rings. The van der Waals surface area contributed by atoms with E-state index in [1.165, 1.54) is 6.08 Å². The lowest BCUT2D eigenvalue weighted by Crippen LogP contribution is -2.10. The van der Waals surface area contributed by atoms with Gasteiger partial charge in [-0.15, -0.1) is 6.58 Å². The lowest BCUT2D eigenvalue weighted by atomic mass is 10.0. The molecule has 0 heterocycles.